The molecule has 0 saturated carbocycles. The Morgan fingerprint density at radius 2 is 1.76 bits per heavy atom. The van der Waals surface area contributed by atoms with Crippen molar-refractivity contribution in [3.8, 4) is 0 Å². The first-order valence-corrected chi connectivity index (χ1v) is 8.53. The lowest BCUT2D eigenvalue weighted by Gasteiger charge is -2.07. The normalized spacial score (nSPS) is 11.1. The van der Waals surface area contributed by atoms with Crippen molar-refractivity contribution in [2.75, 3.05) is 0 Å². The van der Waals surface area contributed by atoms with E-state index in [4.69, 9.17) is 5.14 Å². The number of nitrogens with one attached hydrogen (secondary N) is 2. The van der Waals surface area contributed by atoms with Crippen molar-refractivity contribution in [2.45, 2.75) is 18.0 Å². The zero-order valence-electron chi connectivity index (χ0n) is 11.1. The summed E-state index contributed by atoms with van der Waals surface area (Å²) >= 11 is 1.57. The van der Waals surface area contributed by atoms with Gasteiger partial charge in [-0.25, -0.2) is 18.4 Å². The van der Waals surface area contributed by atoms with E-state index in [0.29, 0.717) is 13.1 Å². The number of thiophene rings is 1. The summed E-state index contributed by atoms with van der Waals surface area (Å²) in [6.07, 6.45) is 0. The van der Waals surface area contributed by atoms with Gasteiger partial charge >= 0.3 is 6.03 Å². The lowest BCUT2D eigenvalue weighted by molar-refractivity contribution is 0.240. The Morgan fingerprint density at radius 3 is 2.33 bits per heavy atom. The van der Waals surface area contributed by atoms with Crippen LogP contribution in [0.5, 0.6) is 0 Å². The van der Waals surface area contributed by atoms with Crippen molar-refractivity contribution in [3.63, 3.8) is 0 Å². The van der Waals surface area contributed by atoms with Gasteiger partial charge in [-0.05, 0) is 29.1 Å². The highest BCUT2D eigenvalue weighted by atomic mass is 32.2. The van der Waals surface area contributed by atoms with Crippen LogP contribution in [0.1, 0.15) is 10.4 Å². The molecular formula is C13H15N3O3S2. The second-order valence-electron chi connectivity index (χ2n) is 4.30. The third-order valence-corrected chi connectivity index (χ3v) is 4.51. The number of hydrogen-bond donors (Lipinski definition) is 3. The molecule has 0 aliphatic carbocycles. The molecule has 0 saturated heterocycles. The summed E-state index contributed by atoms with van der Waals surface area (Å²) in [5, 5.41) is 12.4. The first-order chi connectivity index (χ1) is 9.95. The number of carbonyl (C=O) groups excluding carboxylic acids is 1. The van der Waals surface area contributed by atoms with E-state index in [9.17, 15) is 13.2 Å². The Labute approximate surface area is 127 Å². The van der Waals surface area contributed by atoms with E-state index in [1.54, 1.807) is 23.5 Å². The van der Waals surface area contributed by atoms with E-state index >= 15 is 0 Å². The minimum Gasteiger partial charge on any atom is -0.334 e. The quantitative estimate of drug-likeness (QED) is 0.774. The lowest BCUT2D eigenvalue weighted by atomic mass is 10.2. The van der Waals surface area contributed by atoms with Gasteiger partial charge in [-0.15, -0.1) is 11.3 Å². The predicted molar refractivity (Wildman–Crippen MR) is 81.2 cm³/mol. The highest BCUT2D eigenvalue weighted by Gasteiger charge is 2.07. The molecule has 1 heterocycles. The zero-order chi connectivity index (χ0) is 15.3. The van der Waals surface area contributed by atoms with Gasteiger partial charge in [0.15, 0.2) is 0 Å². The molecule has 2 amide bonds. The summed E-state index contributed by atoms with van der Waals surface area (Å²) in [6.45, 7) is 0.787. The maximum atomic E-state index is 11.6. The molecule has 0 spiro atoms. The Hall–Kier alpha value is -1.90. The van der Waals surface area contributed by atoms with Crippen molar-refractivity contribution in [1.29, 1.82) is 0 Å². The fourth-order valence-electron chi connectivity index (χ4n) is 1.62. The number of amides is 2. The number of urea groups is 1. The highest BCUT2D eigenvalue weighted by Crippen LogP contribution is 2.09. The molecule has 2 rings (SSSR count). The number of sulfonamides is 1. The fraction of sp³-hybridized carbons (Fsp3) is 0.154. The monoisotopic (exact) mass is 325 g/mol. The SMILES string of the molecule is NS(=O)(=O)c1ccc(CNC(=O)NCc2cccs2)cc1. The predicted octanol–water partition coefficient (Wildman–Crippen LogP) is 1.39. The average molecular weight is 325 g/mol. The van der Waals surface area contributed by atoms with E-state index in [1.165, 1.54) is 12.1 Å². The van der Waals surface area contributed by atoms with Crippen LogP contribution in [0.4, 0.5) is 4.79 Å². The summed E-state index contributed by atoms with van der Waals surface area (Å²) in [5.41, 5.74) is 0.786. The Kier molecular flexibility index (Phi) is 4.94. The largest absolute Gasteiger partial charge is 0.334 e. The van der Waals surface area contributed by atoms with Gasteiger partial charge in [-0.3, -0.25) is 0 Å². The summed E-state index contributed by atoms with van der Waals surface area (Å²) in [6, 6.07) is 9.63. The molecular weight excluding hydrogens is 310 g/mol. The van der Waals surface area contributed by atoms with Gasteiger partial charge in [0.2, 0.25) is 10.0 Å². The minimum absolute atomic E-state index is 0.0494. The molecule has 0 aliphatic rings. The molecule has 0 aliphatic heterocycles. The molecule has 0 fully saturated rings. The second kappa shape index (κ2) is 6.70. The Balaban J connectivity index is 1.81. The average Bonchev–Trinajstić information content (AvgIpc) is 2.95. The molecule has 1 aromatic carbocycles. The molecule has 0 atom stereocenters. The number of hydrogen-bond acceptors (Lipinski definition) is 4. The molecule has 6 nitrogen and oxygen atoms in total. The highest BCUT2D eigenvalue weighted by molar-refractivity contribution is 7.89. The number of carbonyl (C=O) groups is 1. The first-order valence-electron chi connectivity index (χ1n) is 6.11. The molecule has 0 unspecified atom stereocenters. The lowest BCUT2D eigenvalue weighted by Crippen LogP contribution is -2.34. The number of rotatable bonds is 5. The van der Waals surface area contributed by atoms with Crippen LogP contribution in [-0.2, 0) is 23.1 Å². The third-order valence-electron chi connectivity index (χ3n) is 2.71. The maximum absolute atomic E-state index is 11.6. The van der Waals surface area contributed by atoms with Crippen LogP contribution < -0.4 is 15.8 Å². The van der Waals surface area contributed by atoms with Gasteiger partial charge in [0.05, 0.1) is 11.4 Å². The molecule has 0 bridgehead atoms. The Bertz CT molecular complexity index is 695. The Morgan fingerprint density at radius 1 is 1.10 bits per heavy atom. The molecule has 2 aromatic rings. The van der Waals surface area contributed by atoms with Gasteiger partial charge in [0.25, 0.3) is 0 Å². The summed E-state index contributed by atoms with van der Waals surface area (Å²) in [4.78, 5) is 12.7. The van der Waals surface area contributed by atoms with Crippen LogP contribution >= 0.6 is 11.3 Å². The third kappa shape index (κ3) is 4.85. The van der Waals surface area contributed by atoms with Gasteiger partial charge in [-0.1, -0.05) is 18.2 Å². The van der Waals surface area contributed by atoms with Gasteiger partial charge in [0, 0.05) is 11.4 Å². The van der Waals surface area contributed by atoms with Crippen molar-refractivity contribution in [2.24, 2.45) is 5.14 Å². The van der Waals surface area contributed by atoms with E-state index in [2.05, 4.69) is 10.6 Å². The van der Waals surface area contributed by atoms with Crippen LogP contribution in [0.25, 0.3) is 0 Å². The molecule has 1 aromatic heterocycles. The van der Waals surface area contributed by atoms with Crippen LogP contribution in [0, 0.1) is 0 Å². The van der Waals surface area contributed by atoms with E-state index < -0.39 is 10.0 Å². The molecule has 8 heteroatoms. The maximum Gasteiger partial charge on any atom is 0.315 e. The second-order valence-corrected chi connectivity index (χ2v) is 6.90. The smallest absolute Gasteiger partial charge is 0.315 e. The summed E-state index contributed by atoms with van der Waals surface area (Å²) < 4.78 is 22.2. The zero-order valence-corrected chi connectivity index (χ0v) is 12.7. The van der Waals surface area contributed by atoms with Gasteiger partial charge < -0.3 is 10.6 Å². The van der Waals surface area contributed by atoms with Gasteiger partial charge in [0.1, 0.15) is 0 Å². The molecule has 112 valence electrons. The van der Waals surface area contributed by atoms with Crippen LogP contribution in [0.3, 0.4) is 0 Å². The number of benzene rings is 1. The summed E-state index contributed by atoms with van der Waals surface area (Å²) in [7, 11) is -3.68. The number of primary sulfonamides is 1. The van der Waals surface area contributed by atoms with Gasteiger partial charge in [-0.2, -0.15) is 0 Å². The molecule has 21 heavy (non-hydrogen) atoms. The molecule has 4 N–H and O–H groups in total. The molecule has 0 radical (unpaired) electrons. The van der Waals surface area contributed by atoms with E-state index in [0.717, 1.165) is 10.4 Å². The van der Waals surface area contributed by atoms with E-state index in [1.807, 2.05) is 17.5 Å². The van der Waals surface area contributed by atoms with Crippen LogP contribution in [0.2, 0.25) is 0 Å². The van der Waals surface area contributed by atoms with Crippen molar-refractivity contribution in [3.05, 3.63) is 52.2 Å². The van der Waals surface area contributed by atoms with Crippen LogP contribution in [-0.4, -0.2) is 14.4 Å². The standard InChI is InChI=1S/C13H15N3O3S2/c14-21(18,19)12-5-3-10(4-6-12)8-15-13(17)16-9-11-2-1-7-20-11/h1-7H,8-9H2,(H2,14,18,19)(H2,15,16,17). The minimum atomic E-state index is -3.68. The number of nitrogens with two attached hydrogens (primary N) is 1. The first kappa shape index (κ1) is 15.5. The van der Waals surface area contributed by atoms with Crippen molar-refractivity contribution in [1.82, 2.24) is 10.6 Å². The van der Waals surface area contributed by atoms with Crippen molar-refractivity contribution >= 4 is 27.4 Å². The fourth-order valence-corrected chi connectivity index (χ4v) is 2.78. The summed E-state index contributed by atoms with van der Waals surface area (Å²) in [5.74, 6) is 0. The van der Waals surface area contributed by atoms with E-state index in [-0.39, 0.29) is 10.9 Å². The van der Waals surface area contributed by atoms with Crippen LogP contribution in [0.15, 0.2) is 46.7 Å². The topological polar surface area (TPSA) is 101 Å². The van der Waals surface area contributed by atoms with Crippen molar-refractivity contribution < 1.29 is 13.2 Å².